The molecule has 0 saturated heterocycles. The lowest BCUT2D eigenvalue weighted by Gasteiger charge is -2.09. The van der Waals surface area contributed by atoms with Crippen LogP contribution in [0, 0.1) is 6.92 Å². The van der Waals surface area contributed by atoms with Gasteiger partial charge >= 0.3 is 0 Å². The molecule has 0 aromatic carbocycles. The molecule has 0 radical (unpaired) electrons. The second kappa shape index (κ2) is 6.22. The van der Waals surface area contributed by atoms with Crippen LogP contribution in [0.25, 0.3) is 0 Å². The maximum Gasteiger partial charge on any atom is 0.227 e. The number of amides is 1. The summed E-state index contributed by atoms with van der Waals surface area (Å²) in [6.07, 6.45) is 1.11. The van der Waals surface area contributed by atoms with Gasteiger partial charge in [0.1, 0.15) is 0 Å². The van der Waals surface area contributed by atoms with E-state index in [0.717, 1.165) is 13.0 Å². The Morgan fingerprint density at radius 1 is 1.50 bits per heavy atom. The van der Waals surface area contributed by atoms with Gasteiger partial charge in [-0.2, -0.15) is 4.98 Å². The Labute approximate surface area is 95.0 Å². The summed E-state index contributed by atoms with van der Waals surface area (Å²) in [5.74, 6) is 0.845. The van der Waals surface area contributed by atoms with E-state index in [1.54, 1.807) is 6.92 Å². The van der Waals surface area contributed by atoms with Gasteiger partial charge < -0.3 is 14.7 Å². The molecule has 0 atom stereocenters. The van der Waals surface area contributed by atoms with Crippen LogP contribution in [0.1, 0.15) is 18.1 Å². The van der Waals surface area contributed by atoms with E-state index in [2.05, 4.69) is 20.4 Å². The quantitative estimate of drug-likeness (QED) is 0.691. The highest BCUT2D eigenvalue weighted by molar-refractivity contribution is 5.77. The molecule has 0 fully saturated rings. The van der Waals surface area contributed by atoms with Crippen molar-refractivity contribution >= 4 is 5.91 Å². The number of nitrogens with zero attached hydrogens (tertiary/aromatic N) is 3. The third-order valence-corrected chi connectivity index (χ3v) is 1.99. The van der Waals surface area contributed by atoms with Gasteiger partial charge in [-0.25, -0.2) is 0 Å². The first kappa shape index (κ1) is 12.6. The minimum absolute atomic E-state index is 0.0699. The molecule has 1 N–H and O–H groups in total. The topological polar surface area (TPSA) is 71.3 Å². The van der Waals surface area contributed by atoms with E-state index in [-0.39, 0.29) is 12.3 Å². The molecule has 1 aromatic heterocycles. The molecule has 0 saturated carbocycles. The Bertz CT molecular complexity index is 335. The monoisotopic (exact) mass is 226 g/mol. The standard InChI is InChI=1S/C10H18N4O2/c1-8-12-9(13-16-8)7-10(15)11-5-4-6-14(2)3/h4-7H2,1-3H3,(H,11,15). The Morgan fingerprint density at radius 3 is 2.81 bits per heavy atom. The Balaban J connectivity index is 2.16. The third kappa shape index (κ3) is 4.88. The average molecular weight is 226 g/mol. The molecule has 1 rings (SSSR count). The van der Waals surface area contributed by atoms with Crippen LogP contribution in [0.15, 0.2) is 4.52 Å². The number of hydrogen-bond acceptors (Lipinski definition) is 5. The maximum absolute atomic E-state index is 11.4. The first-order chi connectivity index (χ1) is 7.58. The zero-order valence-electron chi connectivity index (χ0n) is 9.99. The summed E-state index contributed by atoms with van der Waals surface area (Å²) < 4.78 is 4.77. The van der Waals surface area contributed by atoms with Crippen LogP contribution in [0.4, 0.5) is 0 Å². The molecule has 0 aliphatic carbocycles. The lowest BCUT2D eigenvalue weighted by atomic mass is 10.3. The van der Waals surface area contributed by atoms with Crippen molar-refractivity contribution < 1.29 is 9.32 Å². The number of aromatic nitrogens is 2. The van der Waals surface area contributed by atoms with Gasteiger partial charge in [-0.3, -0.25) is 4.79 Å². The predicted octanol–water partition coefficient (Wildman–Crippen LogP) is -0.0116. The van der Waals surface area contributed by atoms with Crippen molar-refractivity contribution in [3.05, 3.63) is 11.7 Å². The number of carbonyl (C=O) groups is 1. The number of hydrogen-bond donors (Lipinski definition) is 1. The molecule has 1 aromatic rings. The molecule has 0 spiro atoms. The van der Waals surface area contributed by atoms with Gasteiger partial charge in [-0.05, 0) is 27.1 Å². The normalized spacial score (nSPS) is 10.8. The van der Waals surface area contributed by atoms with Crippen molar-refractivity contribution in [2.75, 3.05) is 27.2 Å². The molecular weight excluding hydrogens is 208 g/mol. The van der Waals surface area contributed by atoms with Gasteiger partial charge in [0.25, 0.3) is 0 Å². The molecule has 1 amide bonds. The second-order valence-electron chi connectivity index (χ2n) is 3.91. The van der Waals surface area contributed by atoms with Crippen molar-refractivity contribution in [1.82, 2.24) is 20.4 Å². The van der Waals surface area contributed by atoms with Crippen LogP contribution in [0.2, 0.25) is 0 Å². The fourth-order valence-corrected chi connectivity index (χ4v) is 1.24. The highest BCUT2D eigenvalue weighted by Gasteiger charge is 2.08. The molecule has 16 heavy (non-hydrogen) atoms. The molecule has 6 nitrogen and oxygen atoms in total. The minimum Gasteiger partial charge on any atom is -0.356 e. The van der Waals surface area contributed by atoms with Crippen molar-refractivity contribution in [3.8, 4) is 0 Å². The molecular formula is C10H18N4O2. The molecule has 0 bridgehead atoms. The van der Waals surface area contributed by atoms with Crippen LogP contribution >= 0.6 is 0 Å². The Hall–Kier alpha value is -1.43. The van der Waals surface area contributed by atoms with E-state index >= 15 is 0 Å². The highest BCUT2D eigenvalue weighted by Crippen LogP contribution is 1.95. The lowest BCUT2D eigenvalue weighted by molar-refractivity contribution is -0.120. The highest BCUT2D eigenvalue weighted by atomic mass is 16.5. The maximum atomic E-state index is 11.4. The molecule has 6 heteroatoms. The second-order valence-corrected chi connectivity index (χ2v) is 3.91. The van der Waals surface area contributed by atoms with Gasteiger partial charge in [-0.15, -0.1) is 0 Å². The van der Waals surface area contributed by atoms with E-state index in [1.807, 2.05) is 14.1 Å². The minimum atomic E-state index is -0.0699. The van der Waals surface area contributed by atoms with Crippen LogP contribution < -0.4 is 5.32 Å². The zero-order chi connectivity index (χ0) is 12.0. The van der Waals surface area contributed by atoms with Crippen molar-refractivity contribution in [2.45, 2.75) is 19.8 Å². The van der Waals surface area contributed by atoms with E-state index in [1.165, 1.54) is 0 Å². The molecule has 90 valence electrons. The molecule has 1 heterocycles. The summed E-state index contributed by atoms with van der Waals surface area (Å²) in [5.41, 5.74) is 0. The summed E-state index contributed by atoms with van der Waals surface area (Å²) in [6.45, 7) is 3.33. The zero-order valence-corrected chi connectivity index (χ0v) is 9.99. The molecule has 0 unspecified atom stereocenters. The first-order valence-electron chi connectivity index (χ1n) is 5.28. The van der Waals surface area contributed by atoms with Gasteiger partial charge in [-0.1, -0.05) is 5.16 Å². The summed E-state index contributed by atoms with van der Waals surface area (Å²) in [5, 5.41) is 6.47. The Morgan fingerprint density at radius 2 is 2.25 bits per heavy atom. The van der Waals surface area contributed by atoms with Gasteiger partial charge in [0.2, 0.25) is 11.8 Å². The van der Waals surface area contributed by atoms with E-state index in [4.69, 9.17) is 4.52 Å². The van der Waals surface area contributed by atoms with Crippen molar-refractivity contribution in [3.63, 3.8) is 0 Å². The van der Waals surface area contributed by atoms with Crippen molar-refractivity contribution in [2.24, 2.45) is 0 Å². The average Bonchev–Trinajstić information content (AvgIpc) is 2.58. The summed E-state index contributed by atoms with van der Waals surface area (Å²) in [4.78, 5) is 17.5. The van der Waals surface area contributed by atoms with E-state index in [0.29, 0.717) is 18.3 Å². The number of aryl methyl sites for hydroxylation is 1. The van der Waals surface area contributed by atoms with E-state index < -0.39 is 0 Å². The predicted molar refractivity (Wildman–Crippen MR) is 58.9 cm³/mol. The SMILES string of the molecule is Cc1nc(CC(=O)NCCCN(C)C)no1. The van der Waals surface area contributed by atoms with Crippen LogP contribution in [-0.4, -0.2) is 48.1 Å². The summed E-state index contributed by atoms with van der Waals surface area (Å²) >= 11 is 0. The fraction of sp³-hybridized carbons (Fsp3) is 0.700. The van der Waals surface area contributed by atoms with Gasteiger partial charge in [0, 0.05) is 13.5 Å². The van der Waals surface area contributed by atoms with Gasteiger partial charge in [0.15, 0.2) is 5.82 Å². The van der Waals surface area contributed by atoms with Crippen molar-refractivity contribution in [1.29, 1.82) is 0 Å². The number of nitrogens with one attached hydrogen (secondary N) is 1. The smallest absolute Gasteiger partial charge is 0.227 e. The summed E-state index contributed by atoms with van der Waals surface area (Å²) in [6, 6.07) is 0. The number of rotatable bonds is 6. The third-order valence-electron chi connectivity index (χ3n) is 1.99. The molecule has 0 aliphatic heterocycles. The lowest BCUT2D eigenvalue weighted by Crippen LogP contribution is -2.28. The molecule has 0 aliphatic rings. The van der Waals surface area contributed by atoms with Crippen LogP contribution in [-0.2, 0) is 11.2 Å². The number of carbonyl (C=O) groups excluding carboxylic acids is 1. The largest absolute Gasteiger partial charge is 0.356 e. The van der Waals surface area contributed by atoms with Crippen LogP contribution in [0.3, 0.4) is 0 Å². The van der Waals surface area contributed by atoms with E-state index in [9.17, 15) is 4.79 Å². The Kier molecular flexibility index (Phi) is 4.91. The fourth-order valence-electron chi connectivity index (χ4n) is 1.24. The first-order valence-corrected chi connectivity index (χ1v) is 5.28. The summed E-state index contributed by atoms with van der Waals surface area (Å²) in [7, 11) is 4.01. The van der Waals surface area contributed by atoms with Crippen LogP contribution in [0.5, 0.6) is 0 Å². The van der Waals surface area contributed by atoms with Gasteiger partial charge in [0.05, 0.1) is 6.42 Å².